The van der Waals surface area contributed by atoms with E-state index in [9.17, 15) is 8.42 Å². The smallest absolute Gasteiger partial charge is 0.301 e. The van der Waals surface area contributed by atoms with Crippen LogP contribution in [0, 0.1) is 0 Å². The third-order valence-corrected chi connectivity index (χ3v) is 3.94. The minimum atomic E-state index is -3.51. The van der Waals surface area contributed by atoms with Crippen LogP contribution in [0.2, 0.25) is 0 Å². The molecule has 3 N–H and O–H groups in total. The molecule has 0 aliphatic carbocycles. The van der Waals surface area contributed by atoms with Crippen molar-refractivity contribution in [3.63, 3.8) is 0 Å². The molecule has 0 amide bonds. The molecule has 1 rings (SSSR count). The van der Waals surface area contributed by atoms with E-state index in [1.54, 1.807) is 45.0 Å². The second kappa shape index (κ2) is 5.37. The normalized spacial score (nSPS) is 11.8. The van der Waals surface area contributed by atoms with Gasteiger partial charge in [-0.25, -0.2) is 0 Å². The van der Waals surface area contributed by atoms with Gasteiger partial charge in [-0.05, 0) is 39.0 Å². The molecule has 0 aliphatic rings. The maximum absolute atomic E-state index is 12.1. The third-order valence-electron chi connectivity index (χ3n) is 2.12. The monoisotopic (exact) mass is 257 g/mol. The van der Waals surface area contributed by atoms with E-state index in [0.29, 0.717) is 17.9 Å². The minimum absolute atomic E-state index is 0.143. The average molecular weight is 257 g/mol. The van der Waals surface area contributed by atoms with Gasteiger partial charge >= 0.3 is 10.2 Å². The highest BCUT2D eigenvalue weighted by molar-refractivity contribution is 7.90. The van der Waals surface area contributed by atoms with E-state index in [4.69, 9.17) is 5.73 Å². The lowest BCUT2D eigenvalue weighted by Gasteiger charge is -2.24. The number of nitrogens with zero attached hydrogens (tertiary/aromatic N) is 1. The first kappa shape index (κ1) is 13.8. The lowest BCUT2D eigenvalue weighted by molar-refractivity contribution is 0.565. The van der Waals surface area contributed by atoms with Gasteiger partial charge in [-0.3, -0.25) is 4.31 Å². The lowest BCUT2D eigenvalue weighted by atomic mass is 10.3. The summed E-state index contributed by atoms with van der Waals surface area (Å²) in [5, 5.41) is 0. The fourth-order valence-electron chi connectivity index (χ4n) is 1.53. The summed E-state index contributed by atoms with van der Waals surface area (Å²) in [5.41, 5.74) is 6.77. The van der Waals surface area contributed by atoms with Crippen molar-refractivity contribution in [2.75, 3.05) is 16.6 Å². The fraction of sp³-hybridized carbons (Fsp3) is 0.455. The Morgan fingerprint density at radius 1 is 1.41 bits per heavy atom. The summed E-state index contributed by atoms with van der Waals surface area (Å²) in [4.78, 5) is 0. The van der Waals surface area contributed by atoms with Crippen LogP contribution in [0.25, 0.3) is 0 Å². The molecule has 0 atom stereocenters. The molecule has 0 heterocycles. The summed E-state index contributed by atoms with van der Waals surface area (Å²) < 4.78 is 28.0. The highest BCUT2D eigenvalue weighted by atomic mass is 32.2. The first-order chi connectivity index (χ1) is 7.86. The Morgan fingerprint density at radius 3 is 2.53 bits per heavy atom. The molecule has 0 radical (unpaired) electrons. The van der Waals surface area contributed by atoms with Crippen molar-refractivity contribution in [1.82, 2.24) is 4.72 Å². The Balaban J connectivity index is 3.07. The molecule has 0 aromatic heterocycles. The molecule has 0 unspecified atom stereocenters. The molecule has 6 heteroatoms. The lowest BCUT2D eigenvalue weighted by Crippen LogP contribution is -2.43. The number of nitrogens with one attached hydrogen (secondary N) is 1. The van der Waals surface area contributed by atoms with Gasteiger partial charge in [0.2, 0.25) is 0 Å². The number of benzene rings is 1. The Bertz CT molecular complexity index is 471. The quantitative estimate of drug-likeness (QED) is 0.782. The summed E-state index contributed by atoms with van der Waals surface area (Å²) in [5.74, 6) is 0. The molecule has 1 aromatic carbocycles. The van der Waals surface area contributed by atoms with Crippen molar-refractivity contribution < 1.29 is 8.42 Å². The minimum Gasteiger partial charge on any atom is -0.399 e. The van der Waals surface area contributed by atoms with Gasteiger partial charge in [0.05, 0.1) is 5.69 Å². The molecule has 96 valence electrons. The van der Waals surface area contributed by atoms with E-state index in [-0.39, 0.29) is 6.04 Å². The van der Waals surface area contributed by atoms with Gasteiger partial charge in [0, 0.05) is 18.3 Å². The number of hydrogen-bond acceptors (Lipinski definition) is 3. The molecule has 17 heavy (non-hydrogen) atoms. The van der Waals surface area contributed by atoms with Crippen LogP contribution < -0.4 is 14.8 Å². The molecule has 0 aliphatic heterocycles. The zero-order valence-electron chi connectivity index (χ0n) is 10.3. The highest BCUT2D eigenvalue weighted by Crippen LogP contribution is 2.19. The van der Waals surface area contributed by atoms with Crippen LogP contribution in [0.15, 0.2) is 24.3 Å². The zero-order chi connectivity index (χ0) is 13.1. The molecule has 5 nitrogen and oxygen atoms in total. The Kier molecular flexibility index (Phi) is 4.36. The first-order valence-electron chi connectivity index (χ1n) is 5.52. The van der Waals surface area contributed by atoms with Crippen LogP contribution in [-0.2, 0) is 10.2 Å². The number of nitrogens with two attached hydrogens (primary N) is 1. The van der Waals surface area contributed by atoms with E-state index >= 15 is 0 Å². The van der Waals surface area contributed by atoms with Gasteiger partial charge in [0.15, 0.2) is 0 Å². The largest absolute Gasteiger partial charge is 0.399 e. The zero-order valence-corrected chi connectivity index (χ0v) is 11.2. The van der Waals surface area contributed by atoms with Crippen molar-refractivity contribution in [3.8, 4) is 0 Å². The standard InChI is InChI=1S/C11H19N3O2S/c1-4-14(17(15,16)13-9(2)3)11-7-5-6-10(12)8-11/h5-9,13H,4,12H2,1-3H3. The molecular formula is C11H19N3O2S. The van der Waals surface area contributed by atoms with Gasteiger partial charge in [0.1, 0.15) is 0 Å². The number of rotatable bonds is 5. The summed E-state index contributed by atoms with van der Waals surface area (Å²) in [7, 11) is -3.51. The SMILES string of the molecule is CCN(c1cccc(N)c1)S(=O)(=O)NC(C)C. The van der Waals surface area contributed by atoms with E-state index in [1.165, 1.54) is 4.31 Å². The van der Waals surface area contributed by atoms with Crippen LogP contribution in [0.3, 0.4) is 0 Å². The van der Waals surface area contributed by atoms with Crippen molar-refractivity contribution in [2.45, 2.75) is 26.8 Å². The van der Waals surface area contributed by atoms with E-state index in [1.807, 2.05) is 0 Å². The Labute approximate surface area is 103 Å². The highest BCUT2D eigenvalue weighted by Gasteiger charge is 2.21. The van der Waals surface area contributed by atoms with Gasteiger partial charge in [-0.1, -0.05) is 6.07 Å². The van der Waals surface area contributed by atoms with Gasteiger partial charge in [-0.15, -0.1) is 0 Å². The summed E-state index contributed by atoms with van der Waals surface area (Å²) >= 11 is 0. The van der Waals surface area contributed by atoms with Crippen LogP contribution in [0.1, 0.15) is 20.8 Å². The second-order valence-electron chi connectivity index (χ2n) is 4.04. The molecule has 0 saturated carbocycles. The summed E-state index contributed by atoms with van der Waals surface area (Å²) in [6.07, 6.45) is 0. The predicted molar refractivity (Wildman–Crippen MR) is 71.1 cm³/mol. The average Bonchev–Trinajstić information content (AvgIpc) is 2.15. The van der Waals surface area contributed by atoms with Crippen LogP contribution >= 0.6 is 0 Å². The van der Waals surface area contributed by atoms with Gasteiger partial charge in [0.25, 0.3) is 0 Å². The number of anilines is 2. The molecule has 1 aromatic rings. The van der Waals surface area contributed by atoms with E-state index < -0.39 is 10.2 Å². The maximum Gasteiger partial charge on any atom is 0.301 e. The van der Waals surface area contributed by atoms with E-state index in [0.717, 1.165) is 0 Å². The van der Waals surface area contributed by atoms with Crippen molar-refractivity contribution in [3.05, 3.63) is 24.3 Å². The van der Waals surface area contributed by atoms with Crippen molar-refractivity contribution >= 4 is 21.6 Å². The molecule has 0 fully saturated rings. The summed E-state index contributed by atoms with van der Waals surface area (Å²) in [6.45, 7) is 5.70. The Hall–Kier alpha value is -1.27. The number of hydrogen-bond donors (Lipinski definition) is 2. The van der Waals surface area contributed by atoms with Crippen LogP contribution in [-0.4, -0.2) is 21.0 Å². The van der Waals surface area contributed by atoms with Gasteiger partial charge in [-0.2, -0.15) is 13.1 Å². The van der Waals surface area contributed by atoms with Crippen molar-refractivity contribution in [2.24, 2.45) is 0 Å². The van der Waals surface area contributed by atoms with Crippen molar-refractivity contribution in [1.29, 1.82) is 0 Å². The number of nitrogen functional groups attached to an aromatic ring is 1. The molecule has 0 bridgehead atoms. The van der Waals surface area contributed by atoms with E-state index in [2.05, 4.69) is 4.72 Å². The maximum atomic E-state index is 12.1. The Morgan fingerprint density at radius 2 is 2.06 bits per heavy atom. The molecular weight excluding hydrogens is 238 g/mol. The molecule has 0 saturated heterocycles. The fourth-order valence-corrected chi connectivity index (χ4v) is 2.99. The predicted octanol–water partition coefficient (Wildman–Crippen LogP) is 1.34. The second-order valence-corrected chi connectivity index (χ2v) is 5.66. The molecule has 0 spiro atoms. The topological polar surface area (TPSA) is 75.4 Å². The van der Waals surface area contributed by atoms with Gasteiger partial charge < -0.3 is 5.73 Å². The van der Waals surface area contributed by atoms with Crippen LogP contribution in [0.4, 0.5) is 11.4 Å². The summed E-state index contributed by atoms with van der Waals surface area (Å²) in [6, 6.07) is 6.68. The third kappa shape index (κ3) is 3.61. The first-order valence-corrected chi connectivity index (χ1v) is 6.96. The van der Waals surface area contributed by atoms with Crippen LogP contribution in [0.5, 0.6) is 0 Å².